The Morgan fingerprint density at radius 2 is 1.58 bits per heavy atom. The molecule has 170 valence electrons. The molecule has 0 atom stereocenters. The highest BCUT2D eigenvalue weighted by Crippen LogP contribution is 2.30. The fourth-order valence-corrected chi connectivity index (χ4v) is 7.23. The van der Waals surface area contributed by atoms with Crippen LogP contribution in [0.2, 0.25) is 0 Å². The zero-order valence-corrected chi connectivity index (χ0v) is 19.6. The third-order valence-corrected chi connectivity index (χ3v) is 9.57. The van der Waals surface area contributed by atoms with E-state index < -0.39 is 30.1 Å². The van der Waals surface area contributed by atoms with Crippen molar-refractivity contribution < 1.29 is 25.3 Å². The molecule has 0 bridgehead atoms. The molecule has 2 aromatic carbocycles. The molecule has 1 aliphatic heterocycles. The standard InChI is InChI=1S/C19H25N3O6S3/c1-14-11-17(22-9-3-4-10-29(22,23)24)12-15(2)19(14)31(27,28)21-13-16-5-7-18(8-6-16)30(20,25)26/h5-8,11-12,21H,3-4,9-10,13H2,1-2H3,(H2,20,25,26). The van der Waals surface area contributed by atoms with Crippen LogP contribution in [0.15, 0.2) is 46.2 Å². The van der Waals surface area contributed by atoms with Gasteiger partial charge in [0.05, 0.1) is 21.2 Å². The molecule has 12 heteroatoms. The molecule has 0 radical (unpaired) electrons. The fourth-order valence-electron chi connectivity index (χ4n) is 3.62. The van der Waals surface area contributed by atoms with Crippen molar-refractivity contribution in [2.24, 2.45) is 5.14 Å². The number of hydrogen-bond acceptors (Lipinski definition) is 6. The van der Waals surface area contributed by atoms with Crippen LogP contribution in [-0.4, -0.2) is 37.6 Å². The highest BCUT2D eigenvalue weighted by Gasteiger charge is 2.28. The van der Waals surface area contributed by atoms with Crippen LogP contribution >= 0.6 is 0 Å². The number of hydrogen-bond donors (Lipinski definition) is 2. The number of nitrogens with zero attached hydrogens (tertiary/aromatic N) is 1. The van der Waals surface area contributed by atoms with Crippen molar-refractivity contribution in [3.8, 4) is 0 Å². The van der Waals surface area contributed by atoms with Gasteiger partial charge in [0, 0.05) is 13.1 Å². The lowest BCUT2D eigenvalue weighted by Gasteiger charge is -2.29. The molecule has 3 rings (SSSR count). The van der Waals surface area contributed by atoms with Crippen LogP contribution in [0.25, 0.3) is 0 Å². The summed E-state index contributed by atoms with van der Waals surface area (Å²) in [7, 11) is -11.1. The van der Waals surface area contributed by atoms with E-state index in [1.54, 1.807) is 26.0 Å². The number of rotatable bonds is 6. The monoisotopic (exact) mass is 487 g/mol. The Balaban J connectivity index is 1.84. The largest absolute Gasteiger partial charge is 0.270 e. The quantitative estimate of drug-likeness (QED) is 0.630. The van der Waals surface area contributed by atoms with Gasteiger partial charge in [0.2, 0.25) is 30.1 Å². The van der Waals surface area contributed by atoms with Gasteiger partial charge in [-0.25, -0.2) is 35.1 Å². The maximum absolute atomic E-state index is 12.9. The minimum Gasteiger partial charge on any atom is -0.270 e. The molecule has 3 N–H and O–H groups in total. The molecule has 1 aliphatic rings. The van der Waals surface area contributed by atoms with E-state index in [1.807, 2.05) is 0 Å². The van der Waals surface area contributed by atoms with Crippen molar-refractivity contribution >= 4 is 35.8 Å². The van der Waals surface area contributed by atoms with Gasteiger partial charge >= 0.3 is 0 Å². The van der Waals surface area contributed by atoms with Crippen LogP contribution in [0.3, 0.4) is 0 Å². The lowest BCUT2D eigenvalue weighted by Crippen LogP contribution is -2.38. The van der Waals surface area contributed by atoms with Gasteiger partial charge in [-0.05, 0) is 67.6 Å². The molecule has 31 heavy (non-hydrogen) atoms. The Kier molecular flexibility index (Phi) is 6.50. The zero-order valence-electron chi connectivity index (χ0n) is 17.2. The number of nitrogens with one attached hydrogen (secondary N) is 1. The van der Waals surface area contributed by atoms with Crippen LogP contribution in [0.4, 0.5) is 5.69 Å². The molecular formula is C19H25N3O6S3. The Morgan fingerprint density at radius 3 is 2.10 bits per heavy atom. The maximum Gasteiger partial charge on any atom is 0.241 e. The molecule has 0 spiro atoms. The van der Waals surface area contributed by atoms with Gasteiger partial charge in [-0.1, -0.05) is 12.1 Å². The van der Waals surface area contributed by atoms with E-state index in [4.69, 9.17) is 5.14 Å². The lowest BCUT2D eigenvalue weighted by atomic mass is 10.1. The van der Waals surface area contributed by atoms with Crippen molar-refractivity contribution in [1.29, 1.82) is 0 Å². The van der Waals surface area contributed by atoms with Crippen LogP contribution in [0, 0.1) is 13.8 Å². The van der Waals surface area contributed by atoms with Crippen molar-refractivity contribution in [3.05, 3.63) is 53.1 Å². The Bertz CT molecular complexity index is 1280. The highest BCUT2D eigenvalue weighted by atomic mass is 32.2. The van der Waals surface area contributed by atoms with Crippen LogP contribution < -0.4 is 14.2 Å². The first-order valence-electron chi connectivity index (χ1n) is 9.54. The van der Waals surface area contributed by atoms with Crippen LogP contribution in [-0.2, 0) is 36.6 Å². The number of benzene rings is 2. The van der Waals surface area contributed by atoms with Crippen molar-refractivity contribution in [2.75, 3.05) is 16.6 Å². The highest BCUT2D eigenvalue weighted by molar-refractivity contribution is 7.92. The molecule has 0 amide bonds. The predicted molar refractivity (Wildman–Crippen MR) is 118 cm³/mol. The van der Waals surface area contributed by atoms with Crippen molar-refractivity contribution in [3.63, 3.8) is 0 Å². The van der Waals surface area contributed by atoms with E-state index in [1.165, 1.54) is 28.6 Å². The predicted octanol–water partition coefficient (Wildman–Crippen LogP) is 1.36. The topological polar surface area (TPSA) is 144 Å². The number of sulfonamides is 3. The first-order valence-corrected chi connectivity index (χ1v) is 14.2. The number of anilines is 1. The van der Waals surface area contributed by atoms with E-state index in [0.29, 0.717) is 35.3 Å². The molecule has 0 aliphatic carbocycles. The Hall–Kier alpha value is -1.99. The average Bonchev–Trinajstić information content (AvgIpc) is 2.65. The summed E-state index contributed by atoms with van der Waals surface area (Å²) in [5, 5.41) is 5.06. The number of aryl methyl sites for hydroxylation is 2. The summed E-state index contributed by atoms with van der Waals surface area (Å²) in [5.41, 5.74) is 1.90. The molecule has 1 heterocycles. The molecule has 1 saturated heterocycles. The number of primary sulfonamides is 1. The molecule has 2 aromatic rings. The minimum absolute atomic E-state index is 0.0473. The first-order chi connectivity index (χ1) is 14.3. The fraction of sp³-hybridized carbons (Fsp3) is 0.368. The smallest absolute Gasteiger partial charge is 0.241 e. The minimum atomic E-state index is -3.90. The van der Waals surface area contributed by atoms with Crippen molar-refractivity contribution in [2.45, 2.75) is 43.0 Å². The maximum atomic E-state index is 12.9. The Labute approximate surface area is 183 Å². The summed E-state index contributed by atoms with van der Waals surface area (Å²) in [6, 6.07) is 8.72. The van der Waals surface area contributed by atoms with Gasteiger partial charge in [-0.3, -0.25) is 4.31 Å². The second-order valence-electron chi connectivity index (χ2n) is 7.52. The zero-order chi connectivity index (χ0) is 23.0. The van der Waals surface area contributed by atoms with Gasteiger partial charge in [-0.2, -0.15) is 0 Å². The van der Waals surface area contributed by atoms with E-state index >= 15 is 0 Å². The number of nitrogens with two attached hydrogens (primary N) is 1. The summed E-state index contributed by atoms with van der Waals surface area (Å²) in [5.74, 6) is 0.0803. The lowest BCUT2D eigenvalue weighted by molar-refractivity contribution is 0.574. The van der Waals surface area contributed by atoms with Gasteiger partial charge in [0.25, 0.3) is 0 Å². The van der Waals surface area contributed by atoms with E-state index in [9.17, 15) is 25.3 Å². The normalized spacial score (nSPS) is 16.9. The Morgan fingerprint density at radius 1 is 1.00 bits per heavy atom. The summed E-state index contributed by atoms with van der Waals surface area (Å²) in [4.78, 5) is 0.0286. The molecule has 0 unspecified atom stereocenters. The molecule has 0 aromatic heterocycles. The molecule has 9 nitrogen and oxygen atoms in total. The van der Waals surface area contributed by atoms with E-state index in [0.717, 1.165) is 6.42 Å². The molecular weight excluding hydrogens is 462 g/mol. The first kappa shape index (κ1) is 23.7. The summed E-state index contributed by atoms with van der Waals surface area (Å²) < 4.78 is 77.1. The third kappa shape index (κ3) is 5.26. The van der Waals surface area contributed by atoms with E-state index in [2.05, 4.69) is 4.72 Å². The second kappa shape index (κ2) is 8.51. The summed E-state index contributed by atoms with van der Waals surface area (Å²) >= 11 is 0. The van der Waals surface area contributed by atoms with Gasteiger partial charge in [0.15, 0.2) is 0 Å². The third-order valence-electron chi connectivity index (χ3n) is 5.07. The van der Waals surface area contributed by atoms with Crippen LogP contribution in [0.1, 0.15) is 29.5 Å². The summed E-state index contributed by atoms with van der Waals surface area (Å²) in [6.45, 7) is 3.58. The van der Waals surface area contributed by atoms with Gasteiger partial charge in [-0.15, -0.1) is 0 Å². The van der Waals surface area contributed by atoms with Gasteiger partial charge in [0.1, 0.15) is 0 Å². The van der Waals surface area contributed by atoms with E-state index in [-0.39, 0.29) is 22.1 Å². The molecule has 1 fully saturated rings. The van der Waals surface area contributed by atoms with Crippen LogP contribution in [0.5, 0.6) is 0 Å². The average molecular weight is 488 g/mol. The molecule has 0 saturated carbocycles. The summed E-state index contributed by atoms with van der Waals surface area (Å²) in [6.07, 6.45) is 1.37. The van der Waals surface area contributed by atoms with Gasteiger partial charge < -0.3 is 0 Å². The SMILES string of the molecule is Cc1cc(N2CCCCS2(=O)=O)cc(C)c1S(=O)(=O)NCc1ccc(S(N)(=O)=O)cc1. The second-order valence-corrected chi connectivity index (χ2v) is 12.8. The van der Waals surface area contributed by atoms with Crippen molar-refractivity contribution in [1.82, 2.24) is 4.72 Å².